The minimum atomic E-state index is -1.69. The number of aromatic nitrogens is 6. The smallest absolute Gasteiger partial charge is 0.330 e. The summed E-state index contributed by atoms with van der Waals surface area (Å²) in [6.07, 6.45) is 19.3. The number of amides is 1. The van der Waals surface area contributed by atoms with E-state index >= 15 is 4.39 Å². The van der Waals surface area contributed by atoms with Gasteiger partial charge in [0.05, 0.1) is 25.1 Å². The third-order valence-electron chi connectivity index (χ3n) is 10.9. The van der Waals surface area contributed by atoms with E-state index in [-0.39, 0.29) is 25.0 Å². The van der Waals surface area contributed by atoms with Crippen molar-refractivity contribution in [3.8, 4) is 0 Å². The summed E-state index contributed by atoms with van der Waals surface area (Å²) in [5.74, 6) is -0.778. The van der Waals surface area contributed by atoms with Gasteiger partial charge in [-0.05, 0) is 12.8 Å². The molecule has 3 aromatic heterocycles. The number of halogens is 1. The highest BCUT2D eigenvalue weighted by Gasteiger charge is 2.47. The number of carbonyl (C=O) groups is 1. The Morgan fingerprint density at radius 2 is 1.50 bits per heavy atom. The molecule has 368 valence electrons. The van der Waals surface area contributed by atoms with E-state index in [4.69, 9.17) is 24.8 Å². The van der Waals surface area contributed by atoms with E-state index in [9.17, 15) is 14.4 Å². The number of H-pyrrole nitrogens is 1. The number of imidazole rings is 1. The van der Waals surface area contributed by atoms with E-state index in [0.29, 0.717) is 43.0 Å². The predicted octanol–water partition coefficient (Wildman–Crippen LogP) is 8.50. The first-order valence-corrected chi connectivity index (χ1v) is 24.6. The first-order valence-electron chi connectivity index (χ1n) is 23.5. The number of carbonyl (C=O) groups excluding carboxylic acids is 1. The van der Waals surface area contributed by atoms with E-state index in [0.717, 1.165) is 29.9 Å². The molecule has 1 aliphatic heterocycles. The number of nitrogens with zero attached hydrogens (tertiary/aromatic N) is 6. The predicted molar refractivity (Wildman–Crippen MR) is 253 cm³/mol. The summed E-state index contributed by atoms with van der Waals surface area (Å²) in [6, 6.07) is 1.14. The lowest BCUT2D eigenvalue weighted by molar-refractivity contribution is -0.135. The van der Waals surface area contributed by atoms with Crippen LogP contribution in [0.4, 0.5) is 10.2 Å². The lowest BCUT2D eigenvalue weighted by Gasteiger charge is -2.29. The van der Waals surface area contributed by atoms with Crippen LogP contribution in [0.25, 0.3) is 11.2 Å². The summed E-state index contributed by atoms with van der Waals surface area (Å²) < 4.78 is 44.8. The molecule has 64 heavy (non-hydrogen) atoms. The molecule has 5 unspecified atom stereocenters. The van der Waals surface area contributed by atoms with E-state index in [1.807, 2.05) is 32.3 Å². The summed E-state index contributed by atoms with van der Waals surface area (Å²) in [5.41, 5.74) is 5.75. The third kappa shape index (κ3) is 21.3. The standard InChI is InChI=1S/C39H63FN8O6.C2H7O3P.2C2H6/c1-4-5-6-7-8-9-10-11-12-13-14-15-16-17-18-21-46(25-29(53-3)19-22-47-28-44-35-36(41)42-27-43-37(35)47)33(50)24-30-31(26-52-2)54-38(34(30)40)48-23-20-32(49)45-39(48)51;1-4-6(3)5-2;2*1-2/h20,23,27-31,34,38H,4-19,21-22,24-26H2,1-3H3,(H2,41,42,43)(H,45,49,51);3H,1-2H3;2*1-2H3. The molecule has 4 heterocycles. The molecular weight excluding hydrogens is 847 g/mol. The highest BCUT2D eigenvalue weighted by atomic mass is 31.2. The number of nitrogens with two attached hydrogens (primary N) is 1. The van der Waals surface area contributed by atoms with Crippen molar-refractivity contribution in [2.24, 2.45) is 5.92 Å². The van der Waals surface area contributed by atoms with Crippen molar-refractivity contribution in [1.29, 1.82) is 0 Å². The highest BCUT2D eigenvalue weighted by molar-refractivity contribution is 7.40. The first-order chi connectivity index (χ1) is 31.1. The Morgan fingerprint density at radius 3 is 2.02 bits per heavy atom. The number of hydrogen-bond acceptors (Lipinski definition) is 13. The number of ether oxygens (including phenoxy) is 3. The van der Waals surface area contributed by atoms with Gasteiger partial charge in [0, 0.05) is 72.7 Å². The normalized spacial score (nSPS) is 17.2. The second-order valence-electron chi connectivity index (χ2n) is 15.3. The van der Waals surface area contributed by atoms with Gasteiger partial charge in [-0.1, -0.05) is 125 Å². The second-order valence-corrected chi connectivity index (χ2v) is 16.5. The Balaban J connectivity index is 0.00000186. The van der Waals surface area contributed by atoms with E-state index in [1.54, 1.807) is 18.3 Å². The average Bonchev–Trinajstić information content (AvgIpc) is 3.87. The Hall–Kier alpha value is -3.38. The maximum absolute atomic E-state index is 16.1. The molecule has 0 aromatic carbocycles. The van der Waals surface area contributed by atoms with Gasteiger partial charge in [-0.2, -0.15) is 0 Å². The molecule has 3 aromatic rings. The SMILES string of the molecule is CC.CC.CCCCCCCCCCCCCCCCCN(CC(CCn1cnc2c(N)ncnc21)OC)C(=O)CC1C(COC)OC(n2ccc(=O)[nH]c2=O)C1F.COP(O)OC. The number of hydrogen-bond donors (Lipinski definition) is 3. The van der Waals surface area contributed by atoms with Crippen molar-refractivity contribution < 1.29 is 37.3 Å². The van der Waals surface area contributed by atoms with Crippen LogP contribution in [0.2, 0.25) is 0 Å². The number of methoxy groups -OCH3 is 2. The molecule has 17 nitrogen and oxygen atoms in total. The van der Waals surface area contributed by atoms with Gasteiger partial charge in [0.25, 0.3) is 5.56 Å². The number of aryl methyl sites for hydroxylation is 1. The summed E-state index contributed by atoms with van der Waals surface area (Å²) in [7, 11) is 4.29. The van der Waals surface area contributed by atoms with Crippen LogP contribution in [-0.4, -0.2) is 111 Å². The Morgan fingerprint density at radius 1 is 0.922 bits per heavy atom. The Kier molecular flexibility index (Phi) is 32.8. The number of unbranched alkanes of at least 4 members (excludes halogenated alkanes) is 14. The zero-order valence-electron chi connectivity index (χ0n) is 40.3. The van der Waals surface area contributed by atoms with Crippen LogP contribution < -0.4 is 17.0 Å². The van der Waals surface area contributed by atoms with Crippen molar-refractivity contribution in [3.63, 3.8) is 0 Å². The molecule has 1 aliphatic rings. The van der Waals surface area contributed by atoms with Crippen LogP contribution in [0.5, 0.6) is 0 Å². The molecule has 0 spiro atoms. The van der Waals surface area contributed by atoms with E-state index in [1.165, 1.54) is 111 Å². The molecule has 4 rings (SSSR count). The summed E-state index contributed by atoms with van der Waals surface area (Å²) in [5, 5.41) is 0. The Labute approximate surface area is 382 Å². The number of anilines is 1. The van der Waals surface area contributed by atoms with Crippen molar-refractivity contribution in [3.05, 3.63) is 45.8 Å². The summed E-state index contributed by atoms with van der Waals surface area (Å²) in [6.45, 7) is 11.7. The number of nitrogens with one attached hydrogen (secondary N) is 1. The Bertz CT molecular complexity index is 1750. The molecule has 0 aliphatic carbocycles. The van der Waals surface area contributed by atoms with Gasteiger partial charge in [-0.25, -0.2) is 24.1 Å². The van der Waals surface area contributed by atoms with Gasteiger partial charge in [0.15, 0.2) is 23.9 Å². The van der Waals surface area contributed by atoms with Crippen molar-refractivity contribution >= 4 is 31.5 Å². The fourth-order valence-corrected chi connectivity index (χ4v) is 7.61. The van der Waals surface area contributed by atoms with Crippen molar-refractivity contribution in [2.75, 3.05) is 53.9 Å². The van der Waals surface area contributed by atoms with Crippen LogP contribution in [0.3, 0.4) is 0 Å². The van der Waals surface area contributed by atoms with Gasteiger partial charge in [0.1, 0.15) is 11.8 Å². The zero-order valence-corrected chi connectivity index (χ0v) is 41.2. The summed E-state index contributed by atoms with van der Waals surface area (Å²) >= 11 is 0. The summed E-state index contributed by atoms with van der Waals surface area (Å²) in [4.78, 5) is 63.1. The van der Waals surface area contributed by atoms with Gasteiger partial charge in [-0.3, -0.25) is 19.1 Å². The maximum atomic E-state index is 16.1. The van der Waals surface area contributed by atoms with Gasteiger partial charge in [-0.15, -0.1) is 0 Å². The number of rotatable bonds is 29. The third-order valence-corrected chi connectivity index (χ3v) is 11.5. The van der Waals surface area contributed by atoms with Crippen molar-refractivity contribution in [2.45, 2.75) is 175 Å². The molecule has 0 bridgehead atoms. The molecule has 1 amide bonds. The minimum absolute atomic E-state index is 0.0413. The van der Waals surface area contributed by atoms with Gasteiger partial charge >= 0.3 is 14.3 Å². The fourth-order valence-electron chi connectivity index (χ4n) is 7.46. The largest absolute Gasteiger partial charge is 0.382 e. The quantitative estimate of drug-likeness (QED) is 0.0441. The van der Waals surface area contributed by atoms with Crippen LogP contribution in [0.1, 0.15) is 150 Å². The average molecular weight is 929 g/mol. The van der Waals surface area contributed by atoms with Crippen LogP contribution >= 0.6 is 8.60 Å². The molecule has 5 atom stereocenters. The molecular formula is C45H82FN8O9P. The second kappa shape index (κ2) is 35.8. The monoisotopic (exact) mass is 929 g/mol. The van der Waals surface area contributed by atoms with Crippen LogP contribution in [-0.2, 0) is 34.6 Å². The number of nitrogen functional groups attached to an aromatic ring is 1. The highest BCUT2D eigenvalue weighted by Crippen LogP contribution is 2.38. The topological polar surface area (TPSA) is 211 Å². The van der Waals surface area contributed by atoms with Gasteiger partial charge in [0.2, 0.25) is 5.91 Å². The molecule has 1 fully saturated rings. The maximum Gasteiger partial charge on any atom is 0.330 e. The van der Waals surface area contributed by atoms with Crippen LogP contribution in [0.15, 0.2) is 34.5 Å². The zero-order chi connectivity index (χ0) is 47.7. The molecule has 19 heteroatoms. The minimum Gasteiger partial charge on any atom is -0.382 e. The molecule has 0 radical (unpaired) electrons. The number of alkyl halides is 1. The lowest BCUT2D eigenvalue weighted by Crippen LogP contribution is -2.42. The molecule has 0 saturated carbocycles. The lowest BCUT2D eigenvalue weighted by atomic mass is 9.94. The van der Waals surface area contributed by atoms with E-state index in [2.05, 4.69) is 35.9 Å². The molecule has 1 saturated heterocycles. The number of fused-ring (bicyclic) bond motifs is 1. The van der Waals surface area contributed by atoms with Crippen molar-refractivity contribution in [1.82, 2.24) is 34.0 Å². The fraction of sp³-hybridized carbons (Fsp3) is 0.778. The van der Waals surface area contributed by atoms with Gasteiger partial charge < -0.3 is 43.4 Å². The number of aromatic amines is 1. The van der Waals surface area contributed by atoms with Crippen LogP contribution in [0, 0.1) is 5.92 Å². The first kappa shape index (κ1) is 58.6. The molecule has 4 N–H and O–H groups in total. The van der Waals surface area contributed by atoms with E-state index < -0.39 is 44.3 Å².